The predicted molar refractivity (Wildman–Crippen MR) is 150 cm³/mol. The summed E-state index contributed by atoms with van der Waals surface area (Å²) >= 11 is 0. The lowest BCUT2D eigenvalue weighted by molar-refractivity contribution is 0.353. The van der Waals surface area contributed by atoms with E-state index in [0.717, 1.165) is 41.9 Å². The lowest BCUT2D eigenvalue weighted by Gasteiger charge is -2.40. The van der Waals surface area contributed by atoms with Gasteiger partial charge in [-0.2, -0.15) is 4.98 Å². The number of piperazine rings is 1. The molecule has 2 N–H and O–H groups in total. The minimum absolute atomic E-state index is 0.0913. The SMILES string of the molecule is CN(c1ccccc1Cn1ccc2cnc(Nc3ccc(N4CCNC(C)(C)C4)cc3)nc21)S(C)(=O)=O. The molecule has 0 amide bonds. The Kier molecular flexibility index (Phi) is 6.55. The number of sulfonamides is 1. The maximum absolute atomic E-state index is 12.1. The van der Waals surface area contributed by atoms with Crippen LogP contribution >= 0.6 is 0 Å². The fourth-order valence-electron chi connectivity index (χ4n) is 4.72. The van der Waals surface area contributed by atoms with Crippen LogP contribution in [0.4, 0.5) is 23.0 Å². The van der Waals surface area contributed by atoms with Crippen LogP contribution in [0.2, 0.25) is 0 Å². The van der Waals surface area contributed by atoms with E-state index in [2.05, 4.69) is 46.5 Å². The Morgan fingerprint density at radius 3 is 2.59 bits per heavy atom. The van der Waals surface area contributed by atoms with Crippen molar-refractivity contribution in [2.75, 3.05) is 47.5 Å². The third kappa shape index (κ3) is 5.55. The molecular weight excluding hydrogens is 486 g/mol. The van der Waals surface area contributed by atoms with Gasteiger partial charge in [0.25, 0.3) is 0 Å². The second kappa shape index (κ2) is 9.68. The number of nitrogens with zero attached hydrogens (tertiary/aromatic N) is 5. The van der Waals surface area contributed by atoms with Gasteiger partial charge in [-0.1, -0.05) is 18.2 Å². The zero-order valence-electron chi connectivity index (χ0n) is 21.6. The van der Waals surface area contributed by atoms with Crippen LogP contribution in [0.15, 0.2) is 67.0 Å². The van der Waals surface area contributed by atoms with E-state index in [-0.39, 0.29) is 5.54 Å². The van der Waals surface area contributed by atoms with E-state index in [4.69, 9.17) is 4.98 Å². The summed E-state index contributed by atoms with van der Waals surface area (Å²) < 4.78 is 27.6. The normalized spacial score (nSPS) is 15.6. The molecule has 9 nitrogen and oxygen atoms in total. The molecule has 10 heteroatoms. The Labute approximate surface area is 218 Å². The monoisotopic (exact) mass is 519 g/mol. The molecule has 37 heavy (non-hydrogen) atoms. The number of hydrogen-bond acceptors (Lipinski definition) is 7. The van der Waals surface area contributed by atoms with Gasteiger partial charge in [0.2, 0.25) is 16.0 Å². The van der Waals surface area contributed by atoms with Gasteiger partial charge >= 0.3 is 0 Å². The zero-order chi connectivity index (χ0) is 26.2. The largest absolute Gasteiger partial charge is 0.368 e. The van der Waals surface area contributed by atoms with Crippen LogP contribution in [0.5, 0.6) is 0 Å². The van der Waals surface area contributed by atoms with Crippen molar-refractivity contribution in [3.63, 3.8) is 0 Å². The molecule has 1 aliphatic heterocycles. The van der Waals surface area contributed by atoms with Crippen molar-refractivity contribution >= 4 is 44.1 Å². The van der Waals surface area contributed by atoms with Crippen LogP contribution in [-0.4, -0.2) is 61.4 Å². The van der Waals surface area contributed by atoms with Crippen molar-refractivity contribution in [1.29, 1.82) is 0 Å². The number of benzene rings is 2. The third-order valence-corrected chi connectivity index (χ3v) is 7.92. The van der Waals surface area contributed by atoms with Crippen LogP contribution < -0.4 is 19.8 Å². The summed E-state index contributed by atoms with van der Waals surface area (Å²) in [5, 5.41) is 7.78. The molecular formula is C27H33N7O2S. The molecule has 0 radical (unpaired) electrons. The maximum Gasteiger partial charge on any atom is 0.232 e. The lowest BCUT2D eigenvalue weighted by atomic mass is 10.0. The zero-order valence-corrected chi connectivity index (χ0v) is 22.5. The highest BCUT2D eigenvalue weighted by Gasteiger charge is 2.25. The molecule has 0 saturated carbocycles. The van der Waals surface area contributed by atoms with Crippen molar-refractivity contribution in [2.24, 2.45) is 0 Å². The first-order chi connectivity index (χ1) is 17.6. The molecule has 0 atom stereocenters. The highest BCUT2D eigenvalue weighted by Crippen LogP contribution is 2.26. The van der Waals surface area contributed by atoms with Crippen molar-refractivity contribution in [3.05, 3.63) is 72.6 Å². The summed E-state index contributed by atoms with van der Waals surface area (Å²) in [4.78, 5) is 11.7. The van der Waals surface area contributed by atoms with Gasteiger partial charge in [0.05, 0.1) is 18.5 Å². The van der Waals surface area contributed by atoms with Gasteiger partial charge in [-0.15, -0.1) is 0 Å². The summed E-state index contributed by atoms with van der Waals surface area (Å²) in [6, 6.07) is 17.8. The number of fused-ring (bicyclic) bond motifs is 1. The molecule has 3 heterocycles. The van der Waals surface area contributed by atoms with E-state index in [9.17, 15) is 8.42 Å². The Hall–Kier alpha value is -3.63. The minimum atomic E-state index is -3.38. The molecule has 5 rings (SSSR count). The fourth-order valence-corrected chi connectivity index (χ4v) is 5.25. The summed E-state index contributed by atoms with van der Waals surface area (Å²) in [5.74, 6) is 0.505. The van der Waals surface area contributed by atoms with Gasteiger partial charge in [-0.05, 0) is 55.8 Å². The number of nitrogens with one attached hydrogen (secondary N) is 2. The third-order valence-electron chi connectivity index (χ3n) is 6.73. The van der Waals surface area contributed by atoms with E-state index in [0.29, 0.717) is 18.2 Å². The summed E-state index contributed by atoms with van der Waals surface area (Å²) in [5.41, 5.74) is 4.50. The number of aromatic nitrogens is 3. The molecule has 0 aliphatic carbocycles. The van der Waals surface area contributed by atoms with Crippen molar-refractivity contribution < 1.29 is 8.42 Å². The van der Waals surface area contributed by atoms with E-state index in [1.165, 1.54) is 16.2 Å². The van der Waals surface area contributed by atoms with Gasteiger partial charge in [-0.3, -0.25) is 4.31 Å². The predicted octanol–water partition coefficient (Wildman–Crippen LogP) is 3.81. The van der Waals surface area contributed by atoms with Gasteiger partial charge in [-0.25, -0.2) is 13.4 Å². The Balaban J connectivity index is 1.36. The minimum Gasteiger partial charge on any atom is -0.368 e. The Morgan fingerprint density at radius 1 is 1.11 bits per heavy atom. The number of hydrogen-bond donors (Lipinski definition) is 2. The summed E-state index contributed by atoms with van der Waals surface area (Å²) in [6.45, 7) is 7.83. The second-order valence-electron chi connectivity index (χ2n) is 10.2. The van der Waals surface area contributed by atoms with Crippen LogP contribution in [0.25, 0.3) is 11.0 Å². The molecule has 1 aliphatic rings. The molecule has 2 aromatic heterocycles. The molecule has 0 bridgehead atoms. The summed E-state index contributed by atoms with van der Waals surface area (Å²) in [7, 11) is -1.81. The van der Waals surface area contributed by atoms with E-state index in [1.807, 2.05) is 53.2 Å². The van der Waals surface area contributed by atoms with Gasteiger partial charge in [0.15, 0.2) is 0 Å². The number of rotatable bonds is 7. The van der Waals surface area contributed by atoms with E-state index in [1.54, 1.807) is 13.2 Å². The molecule has 2 aromatic carbocycles. The Bertz CT molecular complexity index is 1510. The van der Waals surface area contributed by atoms with E-state index >= 15 is 0 Å². The standard InChI is InChI=1S/C27H33N7O2S/c1-27(2)19-34(16-14-29-27)23-11-9-22(10-12-23)30-26-28-17-20-13-15-33(25(20)31-26)18-21-7-5-6-8-24(21)32(3)37(4,35)36/h5-13,15,17,29H,14,16,18-19H2,1-4H3,(H,28,30,31). The van der Waals surface area contributed by atoms with Gasteiger partial charge < -0.3 is 20.1 Å². The molecule has 1 fully saturated rings. The van der Waals surface area contributed by atoms with Crippen LogP contribution in [0.1, 0.15) is 19.4 Å². The van der Waals surface area contributed by atoms with Crippen LogP contribution in [0.3, 0.4) is 0 Å². The summed E-state index contributed by atoms with van der Waals surface area (Å²) in [6.07, 6.45) is 4.95. The van der Waals surface area contributed by atoms with Crippen molar-refractivity contribution in [1.82, 2.24) is 19.9 Å². The molecule has 4 aromatic rings. The fraction of sp³-hybridized carbons (Fsp3) is 0.333. The highest BCUT2D eigenvalue weighted by molar-refractivity contribution is 7.92. The first-order valence-corrected chi connectivity index (χ1v) is 14.1. The molecule has 1 saturated heterocycles. The number of anilines is 4. The van der Waals surface area contributed by atoms with Gasteiger partial charge in [0, 0.05) is 61.4 Å². The number of para-hydroxylation sites is 1. The first-order valence-electron chi connectivity index (χ1n) is 12.3. The molecule has 0 spiro atoms. The van der Waals surface area contributed by atoms with Crippen LogP contribution in [0, 0.1) is 0 Å². The topological polar surface area (TPSA) is 95.4 Å². The van der Waals surface area contributed by atoms with Crippen molar-refractivity contribution in [3.8, 4) is 0 Å². The maximum atomic E-state index is 12.1. The quantitative estimate of drug-likeness (QED) is 0.383. The second-order valence-corrected chi connectivity index (χ2v) is 12.2. The van der Waals surface area contributed by atoms with Gasteiger partial charge in [0.1, 0.15) is 5.65 Å². The molecule has 0 unspecified atom stereocenters. The average molecular weight is 520 g/mol. The smallest absolute Gasteiger partial charge is 0.232 e. The van der Waals surface area contributed by atoms with E-state index < -0.39 is 10.0 Å². The average Bonchev–Trinajstić information content (AvgIpc) is 3.25. The Morgan fingerprint density at radius 2 is 1.86 bits per heavy atom. The van der Waals surface area contributed by atoms with Crippen molar-refractivity contribution in [2.45, 2.75) is 25.9 Å². The first kappa shape index (κ1) is 25.0. The molecule has 194 valence electrons. The highest BCUT2D eigenvalue weighted by atomic mass is 32.2. The van der Waals surface area contributed by atoms with Crippen LogP contribution in [-0.2, 0) is 16.6 Å². The lowest BCUT2D eigenvalue weighted by Crippen LogP contribution is -2.57.